The Balaban J connectivity index is 2.07. The Morgan fingerprint density at radius 3 is 1.96 bits per heavy atom. The smallest absolute Gasteiger partial charge is 0.320 e. The lowest BCUT2D eigenvalue weighted by Gasteiger charge is -2.45. The number of rotatable bonds is 5. The van der Waals surface area contributed by atoms with Crippen LogP contribution in [0.2, 0.25) is 11.1 Å². The zero-order valence-electron chi connectivity index (χ0n) is 17.0. The van der Waals surface area contributed by atoms with Crippen LogP contribution >= 0.6 is 0 Å². The third-order valence-corrected chi connectivity index (χ3v) is 12.2. The molecule has 0 saturated carbocycles. The highest BCUT2D eigenvalue weighted by Crippen LogP contribution is 2.41. The van der Waals surface area contributed by atoms with Crippen molar-refractivity contribution in [2.45, 2.75) is 44.4 Å². The summed E-state index contributed by atoms with van der Waals surface area (Å²) in [4.78, 5) is 24.2. The van der Waals surface area contributed by atoms with E-state index in [2.05, 4.69) is 69.3 Å². The normalized spacial score (nSPS) is 19.9. The van der Waals surface area contributed by atoms with E-state index in [4.69, 9.17) is 9.47 Å². The van der Waals surface area contributed by atoms with E-state index in [0.717, 1.165) is 6.04 Å². The lowest BCUT2D eigenvalue weighted by atomic mass is 10.1. The Hall–Kier alpha value is -2.40. The topological polar surface area (TPSA) is 52.6 Å². The first-order chi connectivity index (χ1) is 13.3. The second-order valence-electron chi connectivity index (χ2n) is 8.46. The van der Waals surface area contributed by atoms with Gasteiger partial charge >= 0.3 is 11.9 Å². The fraction of sp³-hybridized carbons (Fsp3) is 0.391. The average Bonchev–Trinajstić information content (AvgIpc) is 3.06. The highest BCUT2D eigenvalue weighted by Gasteiger charge is 2.52. The van der Waals surface area contributed by atoms with Crippen molar-refractivity contribution in [3.63, 3.8) is 0 Å². The van der Waals surface area contributed by atoms with Gasteiger partial charge in [0, 0.05) is 6.42 Å². The number of esters is 2. The fourth-order valence-electron chi connectivity index (χ4n) is 4.47. The Labute approximate surface area is 167 Å². The summed E-state index contributed by atoms with van der Waals surface area (Å²) in [6, 6.07) is 21.9. The number of ether oxygens (including phenoxy) is 2. The number of carbonyl (C=O) groups excluding carboxylic acids is 2. The minimum absolute atomic E-state index is 0.0224. The summed E-state index contributed by atoms with van der Waals surface area (Å²) in [5, 5.41) is 2.60. The SMILES string of the molecule is COC(=O)C1CC(C[Si](c2ccccc2)(c2ccccc2)C(C)(C)C)OC1=O. The molecule has 1 heterocycles. The van der Waals surface area contributed by atoms with Crippen LogP contribution in [-0.2, 0) is 19.1 Å². The molecule has 1 aliphatic heterocycles. The molecule has 3 rings (SSSR count). The number of cyclic esters (lactones) is 1. The number of benzene rings is 2. The van der Waals surface area contributed by atoms with Crippen molar-refractivity contribution in [1.82, 2.24) is 0 Å². The first-order valence-electron chi connectivity index (χ1n) is 9.69. The summed E-state index contributed by atoms with van der Waals surface area (Å²) in [6.07, 6.45) is 0.0959. The van der Waals surface area contributed by atoms with Gasteiger partial charge in [0.05, 0.1) is 7.11 Å². The molecule has 0 spiro atoms. The van der Waals surface area contributed by atoms with Crippen molar-refractivity contribution in [1.29, 1.82) is 0 Å². The van der Waals surface area contributed by atoms with Crippen molar-refractivity contribution in [3.05, 3.63) is 60.7 Å². The molecule has 0 aliphatic carbocycles. The van der Waals surface area contributed by atoms with Crippen LogP contribution in [0.25, 0.3) is 0 Å². The molecule has 2 aromatic carbocycles. The van der Waals surface area contributed by atoms with Crippen molar-refractivity contribution in [2.75, 3.05) is 7.11 Å². The maximum absolute atomic E-state index is 12.3. The predicted octanol–water partition coefficient (Wildman–Crippen LogP) is 3.15. The third kappa shape index (κ3) is 3.63. The van der Waals surface area contributed by atoms with E-state index >= 15 is 0 Å². The molecule has 148 valence electrons. The van der Waals surface area contributed by atoms with Crippen LogP contribution in [0.5, 0.6) is 0 Å². The molecule has 0 amide bonds. The van der Waals surface area contributed by atoms with Crippen LogP contribution in [0.15, 0.2) is 60.7 Å². The van der Waals surface area contributed by atoms with E-state index in [1.807, 2.05) is 12.1 Å². The first kappa shape index (κ1) is 20.3. The zero-order valence-corrected chi connectivity index (χ0v) is 18.0. The molecule has 4 nitrogen and oxygen atoms in total. The zero-order chi connectivity index (χ0) is 20.4. The van der Waals surface area contributed by atoms with Crippen molar-refractivity contribution in [2.24, 2.45) is 5.92 Å². The van der Waals surface area contributed by atoms with Crippen LogP contribution in [0.1, 0.15) is 27.2 Å². The van der Waals surface area contributed by atoms with Gasteiger partial charge in [-0.15, -0.1) is 0 Å². The molecule has 2 aromatic rings. The summed E-state index contributed by atoms with van der Waals surface area (Å²) < 4.78 is 10.5. The molecular weight excluding hydrogens is 368 g/mol. The third-order valence-electron chi connectivity index (χ3n) is 5.90. The lowest BCUT2D eigenvalue weighted by molar-refractivity contribution is -0.154. The lowest BCUT2D eigenvalue weighted by Crippen LogP contribution is -2.65. The molecular formula is C23H28O4Si. The molecule has 2 atom stereocenters. The first-order valence-corrected chi connectivity index (χ1v) is 11.9. The molecule has 1 aliphatic rings. The number of hydrogen-bond donors (Lipinski definition) is 0. The quantitative estimate of drug-likeness (QED) is 0.443. The van der Waals surface area contributed by atoms with E-state index in [9.17, 15) is 9.59 Å². The van der Waals surface area contributed by atoms with Crippen molar-refractivity contribution in [3.8, 4) is 0 Å². The fourth-order valence-corrected chi connectivity index (χ4v) is 10.1. The second kappa shape index (κ2) is 7.92. The maximum Gasteiger partial charge on any atom is 0.320 e. The van der Waals surface area contributed by atoms with Gasteiger partial charge in [0.1, 0.15) is 14.2 Å². The second-order valence-corrected chi connectivity index (χ2v) is 13.3. The highest BCUT2D eigenvalue weighted by atomic mass is 28.3. The van der Waals surface area contributed by atoms with Crippen LogP contribution in [0.3, 0.4) is 0 Å². The van der Waals surface area contributed by atoms with Gasteiger partial charge in [-0.25, -0.2) is 0 Å². The van der Waals surface area contributed by atoms with Crippen LogP contribution in [0.4, 0.5) is 0 Å². The molecule has 1 fully saturated rings. The van der Waals surface area contributed by atoms with E-state index in [1.165, 1.54) is 17.5 Å². The van der Waals surface area contributed by atoms with Crippen molar-refractivity contribution >= 4 is 30.4 Å². The highest BCUT2D eigenvalue weighted by molar-refractivity contribution is 7.04. The van der Waals surface area contributed by atoms with Crippen LogP contribution in [0, 0.1) is 5.92 Å². The molecule has 2 unspecified atom stereocenters. The molecule has 5 heteroatoms. The van der Waals surface area contributed by atoms with E-state index in [1.54, 1.807) is 0 Å². The summed E-state index contributed by atoms with van der Waals surface area (Å²) in [6.45, 7) is 6.81. The van der Waals surface area contributed by atoms with Crippen LogP contribution in [-0.4, -0.2) is 33.2 Å². The van der Waals surface area contributed by atoms with E-state index < -0.39 is 25.9 Å². The van der Waals surface area contributed by atoms with Crippen LogP contribution < -0.4 is 10.4 Å². The van der Waals surface area contributed by atoms with Gasteiger partial charge in [0.15, 0.2) is 5.92 Å². The molecule has 0 aromatic heterocycles. The number of carbonyl (C=O) groups is 2. The summed E-state index contributed by atoms with van der Waals surface area (Å²) in [5.74, 6) is -1.78. The van der Waals surface area contributed by atoms with Gasteiger partial charge in [-0.1, -0.05) is 91.8 Å². The van der Waals surface area contributed by atoms with Gasteiger partial charge < -0.3 is 9.47 Å². The summed E-state index contributed by atoms with van der Waals surface area (Å²) in [5.41, 5.74) is 0. The molecule has 0 radical (unpaired) electrons. The van der Waals surface area contributed by atoms with E-state index in [0.29, 0.717) is 6.42 Å². The number of hydrogen-bond acceptors (Lipinski definition) is 4. The Morgan fingerprint density at radius 1 is 1.04 bits per heavy atom. The van der Waals surface area contributed by atoms with Gasteiger partial charge in [-0.3, -0.25) is 9.59 Å². The van der Waals surface area contributed by atoms with Gasteiger partial charge in [-0.05, 0) is 11.1 Å². The van der Waals surface area contributed by atoms with E-state index in [-0.39, 0.29) is 11.1 Å². The summed E-state index contributed by atoms with van der Waals surface area (Å²) in [7, 11) is -1.04. The number of methoxy groups -OCH3 is 1. The Morgan fingerprint density at radius 2 is 1.54 bits per heavy atom. The largest absolute Gasteiger partial charge is 0.468 e. The van der Waals surface area contributed by atoms with Gasteiger partial charge in [0.25, 0.3) is 0 Å². The molecule has 0 bridgehead atoms. The predicted molar refractivity (Wildman–Crippen MR) is 112 cm³/mol. The monoisotopic (exact) mass is 396 g/mol. The van der Waals surface area contributed by atoms with Gasteiger partial charge in [0.2, 0.25) is 0 Å². The molecule has 1 saturated heterocycles. The average molecular weight is 397 g/mol. The minimum Gasteiger partial charge on any atom is -0.468 e. The Kier molecular flexibility index (Phi) is 5.75. The maximum atomic E-state index is 12.3. The Bertz CT molecular complexity index is 787. The standard InChI is InChI=1S/C23H28O4Si/c1-23(2,3)28(18-11-7-5-8-12-18,19-13-9-6-10-14-19)16-17-15-20(21(24)26-4)22(25)27-17/h5-14,17,20H,15-16H2,1-4H3. The summed E-state index contributed by atoms with van der Waals surface area (Å²) >= 11 is 0. The minimum atomic E-state index is -2.35. The van der Waals surface area contributed by atoms with Crippen molar-refractivity contribution < 1.29 is 19.1 Å². The van der Waals surface area contributed by atoms with Gasteiger partial charge in [-0.2, -0.15) is 0 Å². The molecule has 0 N–H and O–H groups in total. The molecule has 28 heavy (non-hydrogen) atoms.